The maximum atomic E-state index is 5.57. The van der Waals surface area contributed by atoms with E-state index in [1.807, 2.05) is 0 Å². The van der Waals surface area contributed by atoms with Crippen molar-refractivity contribution in [1.29, 1.82) is 0 Å². The smallest absolute Gasteiger partial charge is 0.263 e. The molecule has 1 aromatic heterocycles. The molecule has 1 fully saturated rings. The van der Waals surface area contributed by atoms with Crippen molar-refractivity contribution in [1.82, 2.24) is 0 Å². The Morgan fingerprint density at radius 1 is 1.08 bits per heavy atom. The zero-order valence-corrected chi connectivity index (χ0v) is 15.4. The number of morpholine rings is 1. The lowest BCUT2D eigenvalue weighted by atomic mass is 10.1. The second kappa shape index (κ2) is 7.74. The summed E-state index contributed by atoms with van der Waals surface area (Å²) < 4.78 is 8.87. The van der Waals surface area contributed by atoms with Crippen LogP contribution in [-0.2, 0) is 11.3 Å². The predicted molar refractivity (Wildman–Crippen MR) is 109 cm³/mol. The number of para-hydroxylation sites is 1. The van der Waals surface area contributed by atoms with Crippen LogP contribution < -0.4 is 9.47 Å². The highest BCUT2D eigenvalue weighted by Gasteiger charge is 2.16. The van der Waals surface area contributed by atoms with Gasteiger partial charge in [-0.25, -0.2) is 0 Å². The Balaban J connectivity index is 1.57. The SMILES string of the molecule is C#CC[n+]1c(/C=C/c2ccc(N3CCOCC3)cc2)sc2ccccc21. The number of terminal acetylenes is 1. The second-order valence-corrected chi connectivity index (χ2v) is 7.28. The van der Waals surface area contributed by atoms with Gasteiger partial charge in [0.15, 0.2) is 0 Å². The lowest BCUT2D eigenvalue weighted by Gasteiger charge is -2.28. The average Bonchev–Trinajstić information content (AvgIpc) is 3.05. The van der Waals surface area contributed by atoms with E-state index in [1.54, 1.807) is 11.3 Å². The number of nitrogens with zero attached hydrogens (tertiary/aromatic N) is 2. The molecule has 3 nitrogen and oxygen atoms in total. The first-order chi connectivity index (χ1) is 12.8. The lowest BCUT2D eigenvalue weighted by molar-refractivity contribution is -0.655. The van der Waals surface area contributed by atoms with E-state index in [0.717, 1.165) is 26.3 Å². The molecule has 26 heavy (non-hydrogen) atoms. The third-order valence-electron chi connectivity index (χ3n) is 4.57. The maximum Gasteiger partial charge on any atom is 0.263 e. The first-order valence-corrected chi connectivity index (χ1v) is 9.62. The highest BCUT2D eigenvalue weighted by Crippen LogP contribution is 2.22. The van der Waals surface area contributed by atoms with Crippen LogP contribution in [-0.4, -0.2) is 26.3 Å². The zero-order valence-electron chi connectivity index (χ0n) is 14.6. The van der Waals surface area contributed by atoms with Crippen LogP contribution in [0.15, 0.2) is 48.5 Å². The van der Waals surface area contributed by atoms with Gasteiger partial charge in [-0.05, 0) is 35.8 Å². The van der Waals surface area contributed by atoms with Gasteiger partial charge in [0.05, 0.1) is 13.2 Å². The monoisotopic (exact) mass is 361 g/mol. The van der Waals surface area contributed by atoms with Crippen LogP contribution in [0.4, 0.5) is 5.69 Å². The maximum absolute atomic E-state index is 5.57. The van der Waals surface area contributed by atoms with Crippen molar-refractivity contribution in [2.24, 2.45) is 0 Å². The summed E-state index contributed by atoms with van der Waals surface area (Å²) in [6.07, 6.45) is 9.88. The van der Waals surface area contributed by atoms with Crippen molar-refractivity contribution in [3.8, 4) is 12.3 Å². The van der Waals surface area contributed by atoms with Crippen molar-refractivity contribution in [2.75, 3.05) is 31.2 Å². The quantitative estimate of drug-likeness (QED) is 0.519. The summed E-state index contributed by atoms with van der Waals surface area (Å²) in [5, 5.41) is 1.17. The van der Waals surface area contributed by atoms with E-state index in [0.29, 0.717) is 6.54 Å². The number of anilines is 1. The van der Waals surface area contributed by atoms with E-state index in [-0.39, 0.29) is 0 Å². The van der Waals surface area contributed by atoms with E-state index >= 15 is 0 Å². The van der Waals surface area contributed by atoms with Gasteiger partial charge < -0.3 is 9.64 Å². The van der Waals surface area contributed by atoms with Crippen molar-refractivity contribution >= 4 is 39.4 Å². The molecule has 2 heterocycles. The third-order valence-corrected chi connectivity index (χ3v) is 5.70. The summed E-state index contributed by atoms with van der Waals surface area (Å²) in [6, 6.07) is 17.1. The molecule has 0 atom stereocenters. The number of thiazole rings is 1. The molecule has 0 unspecified atom stereocenters. The fourth-order valence-corrected chi connectivity index (χ4v) is 4.28. The topological polar surface area (TPSA) is 16.4 Å². The van der Waals surface area contributed by atoms with E-state index in [1.165, 1.54) is 26.5 Å². The van der Waals surface area contributed by atoms with Crippen LogP contribution in [0.3, 0.4) is 0 Å². The Morgan fingerprint density at radius 3 is 2.62 bits per heavy atom. The van der Waals surface area contributed by atoms with Crippen LogP contribution in [0, 0.1) is 12.3 Å². The molecule has 4 rings (SSSR count). The molecular weight excluding hydrogens is 340 g/mol. The highest BCUT2D eigenvalue weighted by atomic mass is 32.1. The van der Waals surface area contributed by atoms with Crippen LogP contribution >= 0.6 is 11.3 Å². The highest BCUT2D eigenvalue weighted by molar-refractivity contribution is 7.18. The molecule has 130 valence electrons. The summed E-state index contributed by atoms with van der Waals surface area (Å²) in [7, 11) is 0. The Hall–Kier alpha value is -2.61. The number of hydrogen-bond donors (Lipinski definition) is 0. The second-order valence-electron chi connectivity index (χ2n) is 6.22. The van der Waals surface area contributed by atoms with Gasteiger partial charge in [0.25, 0.3) is 5.01 Å². The number of hydrogen-bond acceptors (Lipinski definition) is 3. The molecule has 1 aliphatic heterocycles. The van der Waals surface area contributed by atoms with Gasteiger partial charge in [0.1, 0.15) is 4.70 Å². The Bertz CT molecular complexity index is 960. The predicted octanol–water partition coefficient (Wildman–Crippen LogP) is 3.83. The summed E-state index contributed by atoms with van der Waals surface area (Å²) in [4.78, 5) is 2.36. The van der Waals surface area contributed by atoms with E-state index in [4.69, 9.17) is 11.2 Å². The molecule has 4 heteroatoms. The van der Waals surface area contributed by atoms with Crippen molar-refractivity contribution < 1.29 is 9.30 Å². The van der Waals surface area contributed by atoms with Crippen LogP contribution in [0.1, 0.15) is 10.6 Å². The van der Waals surface area contributed by atoms with E-state index in [9.17, 15) is 0 Å². The molecule has 0 amide bonds. The fraction of sp³-hybridized carbons (Fsp3) is 0.227. The van der Waals surface area contributed by atoms with Gasteiger partial charge in [0, 0.05) is 30.9 Å². The Kier molecular flexibility index (Phi) is 5.01. The largest absolute Gasteiger partial charge is 0.378 e. The first kappa shape index (κ1) is 16.8. The molecule has 0 saturated carbocycles. The molecular formula is C22H21N2OS+. The van der Waals surface area contributed by atoms with Gasteiger partial charge in [-0.15, -0.1) is 6.42 Å². The molecule has 1 aliphatic rings. The molecule has 0 N–H and O–H groups in total. The molecule has 0 aliphatic carbocycles. The Labute approximate surface area is 158 Å². The minimum atomic E-state index is 0.583. The van der Waals surface area contributed by atoms with Crippen LogP contribution in [0.5, 0.6) is 0 Å². The normalized spacial score (nSPS) is 14.8. The van der Waals surface area contributed by atoms with Crippen molar-refractivity contribution in [3.05, 3.63) is 59.1 Å². The molecule has 0 spiro atoms. The number of ether oxygens (including phenoxy) is 1. The van der Waals surface area contributed by atoms with Gasteiger partial charge >= 0.3 is 0 Å². The molecule has 3 aromatic rings. The Morgan fingerprint density at radius 2 is 1.85 bits per heavy atom. The summed E-state index contributed by atoms with van der Waals surface area (Å²) in [6.45, 7) is 4.12. The molecule has 1 saturated heterocycles. The van der Waals surface area contributed by atoms with Crippen molar-refractivity contribution in [2.45, 2.75) is 6.54 Å². The third kappa shape index (κ3) is 3.50. The number of aromatic nitrogens is 1. The average molecular weight is 361 g/mol. The number of fused-ring (bicyclic) bond motifs is 1. The summed E-state index contributed by atoms with van der Waals surface area (Å²) in [5.74, 6) is 2.76. The van der Waals surface area contributed by atoms with E-state index < -0.39 is 0 Å². The van der Waals surface area contributed by atoms with Crippen LogP contribution in [0.25, 0.3) is 22.4 Å². The molecule has 0 radical (unpaired) electrons. The standard InChI is InChI=1S/C22H21N2OS/c1-2-13-24-20-5-3-4-6-21(20)26-22(24)12-9-18-7-10-19(11-8-18)23-14-16-25-17-15-23/h1,3-12H,13-17H2/q+1. The van der Waals surface area contributed by atoms with Gasteiger partial charge in [-0.3, -0.25) is 0 Å². The molecule has 2 aromatic carbocycles. The minimum Gasteiger partial charge on any atom is -0.378 e. The molecule has 0 bridgehead atoms. The summed E-state index contributed by atoms with van der Waals surface area (Å²) >= 11 is 1.77. The van der Waals surface area contributed by atoms with Crippen molar-refractivity contribution in [3.63, 3.8) is 0 Å². The minimum absolute atomic E-state index is 0.583. The van der Waals surface area contributed by atoms with Gasteiger partial charge in [-0.1, -0.05) is 35.6 Å². The van der Waals surface area contributed by atoms with E-state index in [2.05, 4.69) is 76.1 Å². The number of benzene rings is 2. The van der Waals surface area contributed by atoms with Gasteiger partial charge in [0.2, 0.25) is 12.1 Å². The zero-order chi connectivity index (χ0) is 17.8. The van der Waals surface area contributed by atoms with Gasteiger partial charge in [-0.2, -0.15) is 4.57 Å². The fourth-order valence-electron chi connectivity index (χ4n) is 3.22. The summed E-state index contributed by atoms with van der Waals surface area (Å²) in [5.41, 5.74) is 3.64. The van der Waals surface area contributed by atoms with Crippen LogP contribution in [0.2, 0.25) is 0 Å². The first-order valence-electron chi connectivity index (χ1n) is 8.81. The lowest BCUT2D eigenvalue weighted by Crippen LogP contribution is -2.36. The number of rotatable bonds is 4.